The van der Waals surface area contributed by atoms with Gasteiger partial charge in [0, 0.05) is 10.9 Å². The van der Waals surface area contributed by atoms with Crippen molar-refractivity contribution in [1.29, 1.82) is 0 Å². The molecule has 5 heteroatoms. The van der Waals surface area contributed by atoms with Gasteiger partial charge in [0.15, 0.2) is 0 Å². The fourth-order valence-electron chi connectivity index (χ4n) is 1.80. The number of carboxylic acid groups (broad SMARTS) is 1. The monoisotopic (exact) mass is 297 g/mol. The molecule has 20 heavy (non-hydrogen) atoms. The van der Waals surface area contributed by atoms with E-state index in [2.05, 4.69) is 5.32 Å². The highest BCUT2D eigenvalue weighted by Gasteiger charge is 2.33. The Bertz CT molecular complexity index is 504. The summed E-state index contributed by atoms with van der Waals surface area (Å²) in [7, 11) is 0. The molecular weight excluding hydrogens is 278 g/mol. The van der Waals surface area contributed by atoms with Crippen LogP contribution in [0.25, 0.3) is 0 Å². The lowest BCUT2D eigenvalue weighted by molar-refractivity contribution is -0.147. The van der Waals surface area contributed by atoms with E-state index in [1.807, 2.05) is 18.2 Å². The number of hydrogen-bond donors (Lipinski definition) is 2. The molecular formula is C15H20ClNO3. The van der Waals surface area contributed by atoms with E-state index in [4.69, 9.17) is 16.7 Å². The van der Waals surface area contributed by atoms with Gasteiger partial charge in [-0.2, -0.15) is 0 Å². The number of hydrogen-bond acceptors (Lipinski definition) is 2. The summed E-state index contributed by atoms with van der Waals surface area (Å²) in [5.41, 5.74) is -0.270. The molecule has 2 atom stereocenters. The molecule has 0 heterocycles. The molecule has 1 amide bonds. The standard InChI is InChI=1S/C15H20ClNO3/c1-4-15(3,14(19)20)17-13(18)10(2)8-11-6-5-7-12(16)9-11/h5-7,9-10H,4,8H2,1-3H3,(H,17,18)(H,19,20). The number of halogens is 1. The quantitative estimate of drug-likeness (QED) is 0.848. The predicted octanol–water partition coefficient (Wildman–Crippen LogP) is 2.89. The van der Waals surface area contributed by atoms with Crippen LogP contribution < -0.4 is 5.32 Å². The summed E-state index contributed by atoms with van der Waals surface area (Å²) in [5, 5.41) is 12.4. The lowest BCUT2D eigenvalue weighted by Crippen LogP contribution is -2.53. The van der Waals surface area contributed by atoms with E-state index in [1.165, 1.54) is 6.92 Å². The van der Waals surface area contributed by atoms with Crippen molar-refractivity contribution in [3.05, 3.63) is 34.9 Å². The van der Waals surface area contributed by atoms with Gasteiger partial charge in [-0.1, -0.05) is 37.6 Å². The van der Waals surface area contributed by atoms with Crippen molar-refractivity contribution in [2.75, 3.05) is 0 Å². The number of carboxylic acids is 1. The molecule has 0 aliphatic heterocycles. The first-order valence-corrected chi connectivity index (χ1v) is 6.96. The lowest BCUT2D eigenvalue weighted by atomic mass is 9.95. The van der Waals surface area contributed by atoms with E-state index in [0.29, 0.717) is 17.9 Å². The van der Waals surface area contributed by atoms with Crippen LogP contribution in [0, 0.1) is 5.92 Å². The van der Waals surface area contributed by atoms with E-state index < -0.39 is 11.5 Å². The zero-order valence-corrected chi connectivity index (χ0v) is 12.7. The summed E-state index contributed by atoms with van der Waals surface area (Å²) in [4.78, 5) is 23.3. The fraction of sp³-hybridized carbons (Fsp3) is 0.467. The second kappa shape index (κ2) is 6.75. The van der Waals surface area contributed by atoms with E-state index >= 15 is 0 Å². The minimum atomic E-state index is -1.22. The third-order valence-corrected chi connectivity index (χ3v) is 3.69. The Morgan fingerprint density at radius 1 is 1.45 bits per heavy atom. The highest BCUT2D eigenvalue weighted by Crippen LogP contribution is 2.16. The van der Waals surface area contributed by atoms with Crippen LogP contribution in [0.3, 0.4) is 0 Å². The fourth-order valence-corrected chi connectivity index (χ4v) is 2.01. The van der Waals surface area contributed by atoms with Gasteiger partial charge < -0.3 is 10.4 Å². The van der Waals surface area contributed by atoms with Crippen molar-refractivity contribution in [2.24, 2.45) is 5.92 Å². The first-order chi connectivity index (χ1) is 9.28. The molecule has 2 N–H and O–H groups in total. The minimum Gasteiger partial charge on any atom is -0.480 e. The summed E-state index contributed by atoms with van der Waals surface area (Å²) in [5.74, 6) is -1.61. The first kappa shape index (κ1) is 16.5. The van der Waals surface area contributed by atoms with Crippen molar-refractivity contribution in [2.45, 2.75) is 39.2 Å². The molecule has 0 spiro atoms. The molecule has 0 aliphatic carbocycles. The van der Waals surface area contributed by atoms with Crippen LogP contribution in [-0.4, -0.2) is 22.5 Å². The average Bonchev–Trinajstić information content (AvgIpc) is 2.38. The van der Waals surface area contributed by atoms with E-state index in [1.54, 1.807) is 19.9 Å². The zero-order valence-electron chi connectivity index (χ0n) is 11.9. The molecule has 1 aromatic carbocycles. The van der Waals surface area contributed by atoms with E-state index in [0.717, 1.165) is 5.56 Å². The zero-order chi connectivity index (χ0) is 15.3. The Morgan fingerprint density at radius 2 is 2.10 bits per heavy atom. The number of carbonyl (C=O) groups is 2. The number of carbonyl (C=O) groups excluding carboxylic acids is 1. The molecule has 1 aromatic rings. The van der Waals surface area contributed by atoms with Crippen LogP contribution in [0.1, 0.15) is 32.8 Å². The van der Waals surface area contributed by atoms with Crippen LogP contribution in [0.15, 0.2) is 24.3 Å². The van der Waals surface area contributed by atoms with Gasteiger partial charge in [-0.3, -0.25) is 4.79 Å². The normalized spacial score (nSPS) is 15.2. The Kier molecular flexibility index (Phi) is 5.57. The van der Waals surface area contributed by atoms with Crippen LogP contribution >= 0.6 is 11.6 Å². The van der Waals surface area contributed by atoms with Gasteiger partial charge in [0.1, 0.15) is 5.54 Å². The molecule has 0 aromatic heterocycles. The average molecular weight is 298 g/mol. The Morgan fingerprint density at radius 3 is 2.60 bits per heavy atom. The second-order valence-electron chi connectivity index (χ2n) is 5.22. The van der Waals surface area contributed by atoms with Crippen molar-refractivity contribution < 1.29 is 14.7 Å². The molecule has 4 nitrogen and oxygen atoms in total. The Hall–Kier alpha value is -1.55. The molecule has 0 bridgehead atoms. The maximum atomic E-state index is 12.1. The number of amides is 1. The van der Waals surface area contributed by atoms with Crippen LogP contribution in [0.2, 0.25) is 5.02 Å². The highest BCUT2D eigenvalue weighted by atomic mass is 35.5. The van der Waals surface area contributed by atoms with Crippen LogP contribution in [-0.2, 0) is 16.0 Å². The summed E-state index contributed by atoms with van der Waals surface area (Å²) in [6, 6.07) is 7.30. The summed E-state index contributed by atoms with van der Waals surface area (Å²) in [6.07, 6.45) is 0.851. The van der Waals surface area contributed by atoms with Crippen molar-refractivity contribution in [1.82, 2.24) is 5.32 Å². The molecule has 110 valence electrons. The molecule has 0 saturated heterocycles. The third kappa shape index (κ3) is 4.23. The van der Waals surface area contributed by atoms with Crippen LogP contribution in [0.5, 0.6) is 0 Å². The maximum Gasteiger partial charge on any atom is 0.329 e. The van der Waals surface area contributed by atoms with E-state index in [-0.39, 0.29) is 11.8 Å². The van der Waals surface area contributed by atoms with Crippen molar-refractivity contribution in [3.63, 3.8) is 0 Å². The number of aliphatic carboxylic acids is 1. The second-order valence-corrected chi connectivity index (χ2v) is 5.65. The van der Waals surface area contributed by atoms with Gasteiger partial charge in [0.25, 0.3) is 0 Å². The van der Waals surface area contributed by atoms with Gasteiger partial charge in [-0.25, -0.2) is 4.79 Å². The summed E-state index contributed by atoms with van der Waals surface area (Å²) >= 11 is 5.90. The van der Waals surface area contributed by atoms with Gasteiger partial charge in [-0.05, 0) is 37.5 Å². The predicted molar refractivity (Wildman–Crippen MR) is 78.8 cm³/mol. The largest absolute Gasteiger partial charge is 0.480 e. The molecule has 2 unspecified atom stereocenters. The van der Waals surface area contributed by atoms with Crippen molar-refractivity contribution in [3.8, 4) is 0 Å². The van der Waals surface area contributed by atoms with E-state index in [9.17, 15) is 9.59 Å². The SMILES string of the molecule is CCC(C)(NC(=O)C(C)Cc1cccc(Cl)c1)C(=O)O. The molecule has 0 radical (unpaired) electrons. The number of benzene rings is 1. The highest BCUT2D eigenvalue weighted by molar-refractivity contribution is 6.30. The maximum absolute atomic E-state index is 12.1. The summed E-state index contributed by atoms with van der Waals surface area (Å²) < 4.78 is 0. The first-order valence-electron chi connectivity index (χ1n) is 6.58. The molecule has 0 aliphatic rings. The summed E-state index contributed by atoms with van der Waals surface area (Å²) in [6.45, 7) is 5.02. The van der Waals surface area contributed by atoms with Crippen LogP contribution in [0.4, 0.5) is 0 Å². The molecule has 0 saturated carbocycles. The smallest absolute Gasteiger partial charge is 0.329 e. The van der Waals surface area contributed by atoms with Gasteiger partial charge in [-0.15, -0.1) is 0 Å². The molecule has 1 rings (SSSR count). The van der Waals surface area contributed by atoms with Gasteiger partial charge in [0.05, 0.1) is 0 Å². The Labute approximate surface area is 124 Å². The lowest BCUT2D eigenvalue weighted by Gasteiger charge is -2.26. The number of rotatable bonds is 6. The molecule has 0 fully saturated rings. The van der Waals surface area contributed by atoms with Crippen molar-refractivity contribution >= 4 is 23.5 Å². The third-order valence-electron chi connectivity index (χ3n) is 3.46. The number of nitrogens with one attached hydrogen (secondary N) is 1. The van der Waals surface area contributed by atoms with Gasteiger partial charge in [0.2, 0.25) is 5.91 Å². The Balaban J connectivity index is 2.70. The topological polar surface area (TPSA) is 66.4 Å². The minimum absolute atomic E-state index is 0.267. The van der Waals surface area contributed by atoms with Gasteiger partial charge >= 0.3 is 5.97 Å².